The molecule has 0 aliphatic rings. The van der Waals surface area contributed by atoms with Gasteiger partial charge in [0, 0.05) is 0 Å². The average molecular weight is 293 g/mol. The molecule has 106 valence electrons. The maximum Gasteiger partial charge on any atom is 0.340 e. The molecular weight excluding hydrogens is 278 g/mol. The van der Waals surface area contributed by atoms with Gasteiger partial charge in [0.1, 0.15) is 18.0 Å². The SMILES string of the molecule is CC(C)(C)OC(=O)c1ccc(OCC(F)F)cc1Cl. The minimum Gasteiger partial charge on any atom is -0.488 e. The van der Waals surface area contributed by atoms with E-state index in [1.807, 2.05) is 0 Å². The van der Waals surface area contributed by atoms with Crippen molar-refractivity contribution in [2.45, 2.75) is 32.8 Å². The summed E-state index contributed by atoms with van der Waals surface area (Å²) in [5.74, 6) is -0.393. The Hall–Kier alpha value is -1.36. The summed E-state index contributed by atoms with van der Waals surface area (Å²) in [4.78, 5) is 11.8. The van der Waals surface area contributed by atoms with Crippen molar-refractivity contribution in [2.24, 2.45) is 0 Å². The molecule has 0 atom stereocenters. The van der Waals surface area contributed by atoms with Crippen LogP contribution in [-0.2, 0) is 4.74 Å². The zero-order chi connectivity index (χ0) is 14.6. The Kier molecular flexibility index (Phi) is 5.11. The van der Waals surface area contributed by atoms with Crippen molar-refractivity contribution in [1.82, 2.24) is 0 Å². The number of ether oxygens (including phenoxy) is 2. The second-order valence-corrected chi connectivity index (χ2v) is 5.25. The van der Waals surface area contributed by atoms with Crippen LogP contribution in [0.4, 0.5) is 8.78 Å². The van der Waals surface area contributed by atoms with E-state index >= 15 is 0 Å². The lowest BCUT2D eigenvalue weighted by Crippen LogP contribution is -2.24. The lowest BCUT2D eigenvalue weighted by atomic mass is 10.1. The van der Waals surface area contributed by atoms with E-state index in [4.69, 9.17) is 21.1 Å². The summed E-state index contributed by atoms with van der Waals surface area (Å²) in [6.45, 7) is 4.48. The summed E-state index contributed by atoms with van der Waals surface area (Å²) in [7, 11) is 0. The molecule has 0 fully saturated rings. The molecule has 1 rings (SSSR count). The zero-order valence-corrected chi connectivity index (χ0v) is 11.6. The zero-order valence-electron chi connectivity index (χ0n) is 10.9. The molecule has 0 saturated heterocycles. The number of hydrogen-bond acceptors (Lipinski definition) is 3. The number of carbonyl (C=O) groups is 1. The Morgan fingerprint density at radius 2 is 2.00 bits per heavy atom. The van der Waals surface area contributed by atoms with Crippen LogP contribution in [0.2, 0.25) is 5.02 Å². The van der Waals surface area contributed by atoms with Crippen LogP contribution in [-0.4, -0.2) is 24.6 Å². The topological polar surface area (TPSA) is 35.5 Å². The Balaban J connectivity index is 2.80. The highest BCUT2D eigenvalue weighted by Gasteiger charge is 2.20. The van der Waals surface area contributed by atoms with Gasteiger partial charge in [0.2, 0.25) is 0 Å². The minimum absolute atomic E-state index is 0.0982. The predicted octanol–water partition coefficient (Wildman–Crippen LogP) is 3.94. The molecule has 3 nitrogen and oxygen atoms in total. The number of alkyl halides is 2. The van der Waals surface area contributed by atoms with E-state index < -0.39 is 24.6 Å². The van der Waals surface area contributed by atoms with Crippen molar-refractivity contribution >= 4 is 17.6 Å². The summed E-state index contributed by atoms with van der Waals surface area (Å²) in [5.41, 5.74) is -0.466. The van der Waals surface area contributed by atoms with E-state index in [1.54, 1.807) is 20.8 Å². The van der Waals surface area contributed by atoms with Crippen molar-refractivity contribution < 1.29 is 23.0 Å². The van der Waals surface area contributed by atoms with Gasteiger partial charge >= 0.3 is 5.97 Å². The van der Waals surface area contributed by atoms with Crippen LogP contribution in [0.1, 0.15) is 31.1 Å². The molecule has 0 heterocycles. The van der Waals surface area contributed by atoms with Gasteiger partial charge in [-0.3, -0.25) is 0 Å². The molecule has 0 aliphatic carbocycles. The smallest absolute Gasteiger partial charge is 0.340 e. The predicted molar refractivity (Wildman–Crippen MR) is 68.1 cm³/mol. The third kappa shape index (κ3) is 5.42. The number of esters is 1. The second kappa shape index (κ2) is 6.19. The third-order valence-corrected chi connectivity index (χ3v) is 2.25. The van der Waals surface area contributed by atoms with Crippen molar-refractivity contribution in [2.75, 3.05) is 6.61 Å². The molecule has 0 aromatic heterocycles. The van der Waals surface area contributed by atoms with Gasteiger partial charge in [0.05, 0.1) is 10.6 Å². The van der Waals surface area contributed by atoms with E-state index in [2.05, 4.69) is 0 Å². The number of hydrogen-bond donors (Lipinski definition) is 0. The van der Waals surface area contributed by atoms with Crippen molar-refractivity contribution in [3.63, 3.8) is 0 Å². The first-order valence-corrected chi connectivity index (χ1v) is 6.00. The Morgan fingerprint density at radius 1 is 1.37 bits per heavy atom. The number of carbonyl (C=O) groups excluding carboxylic acids is 1. The lowest BCUT2D eigenvalue weighted by Gasteiger charge is -2.20. The number of benzene rings is 1. The normalized spacial score (nSPS) is 11.5. The Bertz CT molecular complexity index is 456. The molecule has 0 radical (unpaired) electrons. The fraction of sp³-hybridized carbons (Fsp3) is 0.462. The second-order valence-electron chi connectivity index (χ2n) is 4.85. The largest absolute Gasteiger partial charge is 0.488 e. The van der Waals surface area contributed by atoms with Gasteiger partial charge in [-0.15, -0.1) is 0 Å². The summed E-state index contributed by atoms with van der Waals surface area (Å²) in [5, 5.41) is 0.0982. The van der Waals surface area contributed by atoms with E-state index in [-0.39, 0.29) is 16.3 Å². The van der Waals surface area contributed by atoms with Crippen LogP contribution in [0.25, 0.3) is 0 Å². The maximum atomic E-state index is 12.0. The van der Waals surface area contributed by atoms with Crippen LogP contribution < -0.4 is 4.74 Å². The molecule has 6 heteroatoms. The average Bonchev–Trinajstić information content (AvgIpc) is 2.23. The number of rotatable bonds is 4. The van der Waals surface area contributed by atoms with Crippen LogP contribution >= 0.6 is 11.6 Å². The molecule has 0 spiro atoms. The molecule has 1 aromatic carbocycles. The van der Waals surface area contributed by atoms with Crippen LogP contribution in [0.15, 0.2) is 18.2 Å². The van der Waals surface area contributed by atoms with Gasteiger partial charge in [-0.2, -0.15) is 0 Å². The highest BCUT2D eigenvalue weighted by molar-refractivity contribution is 6.33. The monoisotopic (exact) mass is 292 g/mol. The van der Waals surface area contributed by atoms with E-state index in [9.17, 15) is 13.6 Å². The fourth-order valence-corrected chi connectivity index (χ4v) is 1.49. The highest BCUT2D eigenvalue weighted by Crippen LogP contribution is 2.25. The molecule has 0 unspecified atom stereocenters. The van der Waals surface area contributed by atoms with Crippen molar-refractivity contribution in [3.05, 3.63) is 28.8 Å². The van der Waals surface area contributed by atoms with E-state index in [0.717, 1.165) is 0 Å². The van der Waals surface area contributed by atoms with Gasteiger partial charge < -0.3 is 9.47 Å². The van der Waals surface area contributed by atoms with Crippen LogP contribution in [0.5, 0.6) is 5.75 Å². The van der Waals surface area contributed by atoms with Gasteiger partial charge in [-0.1, -0.05) is 11.6 Å². The minimum atomic E-state index is -2.57. The van der Waals surface area contributed by atoms with Crippen molar-refractivity contribution in [3.8, 4) is 5.75 Å². The quantitative estimate of drug-likeness (QED) is 0.789. The fourth-order valence-electron chi connectivity index (χ4n) is 1.24. The summed E-state index contributed by atoms with van der Waals surface area (Å²) < 4.78 is 33.9. The molecule has 0 amide bonds. The van der Waals surface area contributed by atoms with Gasteiger partial charge in [-0.25, -0.2) is 13.6 Å². The number of halogens is 3. The summed E-state index contributed by atoms with van der Waals surface area (Å²) in [6.07, 6.45) is -2.57. The third-order valence-electron chi connectivity index (χ3n) is 1.94. The summed E-state index contributed by atoms with van der Waals surface area (Å²) in [6, 6.07) is 4.09. The lowest BCUT2D eigenvalue weighted by molar-refractivity contribution is 0.00695. The molecule has 0 saturated carbocycles. The highest BCUT2D eigenvalue weighted by atomic mass is 35.5. The van der Waals surface area contributed by atoms with Gasteiger partial charge in [-0.05, 0) is 39.0 Å². The van der Waals surface area contributed by atoms with Crippen LogP contribution in [0.3, 0.4) is 0 Å². The Labute approximate surface area is 115 Å². The molecule has 0 aliphatic heterocycles. The first kappa shape index (κ1) is 15.7. The van der Waals surface area contributed by atoms with E-state index in [0.29, 0.717) is 0 Å². The van der Waals surface area contributed by atoms with Gasteiger partial charge in [0.15, 0.2) is 0 Å². The first-order valence-electron chi connectivity index (χ1n) is 5.63. The molecule has 0 N–H and O–H groups in total. The Morgan fingerprint density at radius 3 is 2.47 bits per heavy atom. The molecule has 19 heavy (non-hydrogen) atoms. The summed E-state index contributed by atoms with van der Waals surface area (Å²) >= 11 is 5.90. The molecule has 1 aromatic rings. The molecular formula is C13H15ClF2O3. The standard InChI is InChI=1S/C13H15ClF2O3/c1-13(2,3)19-12(17)9-5-4-8(6-10(9)14)18-7-11(15)16/h4-6,11H,7H2,1-3H3. The van der Waals surface area contributed by atoms with E-state index in [1.165, 1.54) is 18.2 Å². The van der Waals surface area contributed by atoms with Crippen molar-refractivity contribution in [1.29, 1.82) is 0 Å². The van der Waals surface area contributed by atoms with Gasteiger partial charge in [0.25, 0.3) is 6.43 Å². The maximum absolute atomic E-state index is 12.0. The molecule has 0 bridgehead atoms. The first-order chi connectivity index (χ1) is 8.69. The van der Waals surface area contributed by atoms with Crippen LogP contribution in [0, 0.1) is 0 Å².